The molecule has 1 aromatic rings. The lowest BCUT2D eigenvalue weighted by Gasteiger charge is -2.09. The quantitative estimate of drug-likeness (QED) is 0.865. The second-order valence-corrected chi connectivity index (χ2v) is 5.37. The Hall–Kier alpha value is -1.14. The van der Waals surface area contributed by atoms with Gasteiger partial charge in [0.15, 0.2) is 5.13 Å². The van der Waals surface area contributed by atoms with Crippen LogP contribution in [-0.4, -0.2) is 30.3 Å². The van der Waals surface area contributed by atoms with Crippen molar-refractivity contribution in [1.29, 1.82) is 0 Å². The number of hydrogen-bond donors (Lipinski definition) is 2. The Kier molecular flexibility index (Phi) is 2.98. The summed E-state index contributed by atoms with van der Waals surface area (Å²) in [5.41, 5.74) is 1.12. The van der Waals surface area contributed by atoms with Crippen molar-refractivity contribution in [3.05, 3.63) is 11.1 Å². The fourth-order valence-corrected chi connectivity index (χ4v) is 2.66. The van der Waals surface area contributed by atoms with E-state index in [9.17, 15) is 4.79 Å². The number of nitrogens with zero attached hydrogens (tertiary/aromatic N) is 1. The summed E-state index contributed by atoms with van der Waals surface area (Å²) in [7, 11) is 0. The zero-order chi connectivity index (χ0) is 11.7. The monoisotopic (exact) mass is 253 g/mol. The molecule has 2 fully saturated rings. The highest BCUT2D eigenvalue weighted by molar-refractivity contribution is 7.13. The van der Waals surface area contributed by atoms with Gasteiger partial charge >= 0.3 is 6.03 Å². The number of rotatable bonds is 3. The molecule has 1 aliphatic carbocycles. The van der Waals surface area contributed by atoms with Gasteiger partial charge in [-0.15, -0.1) is 11.3 Å². The third kappa shape index (κ3) is 2.76. The van der Waals surface area contributed by atoms with E-state index in [1.165, 1.54) is 24.2 Å². The van der Waals surface area contributed by atoms with Crippen molar-refractivity contribution in [3.63, 3.8) is 0 Å². The summed E-state index contributed by atoms with van der Waals surface area (Å²) < 4.78 is 5.20. The molecule has 17 heavy (non-hydrogen) atoms. The SMILES string of the molecule is O=C(Nc1nc(C2CC2)cs1)NC1CCOC1. The van der Waals surface area contributed by atoms with Crippen LogP contribution in [0.3, 0.4) is 0 Å². The Labute approximate surface area is 104 Å². The molecule has 2 N–H and O–H groups in total. The minimum absolute atomic E-state index is 0.137. The van der Waals surface area contributed by atoms with E-state index < -0.39 is 0 Å². The molecule has 3 rings (SSSR count). The van der Waals surface area contributed by atoms with Gasteiger partial charge in [0.2, 0.25) is 0 Å². The molecule has 2 amide bonds. The molecular formula is C11H15N3O2S. The van der Waals surface area contributed by atoms with Crippen molar-refractivity contribution >= 4 is 22.5 Å². The van der Waals surface area contributed by atoms with E-state index in [1.54, 1.807) is 0 Å². The number of thiazole rings is 1. The van der Waals surface area contributed by atoms with Crippen molar-refractivity contribution in [2.45, 2.75) is 31.2 Å². The number of aromatic nitrogens is 1. The molecular weight excluding hydrogens is 238 g/mol. The van der Waals surface area contributed by atoms with Gasteiger partial charge in [-0.2, -0.15) is 0 Å². The van der Waals surface area contributed by atoms with E-state index >= 15 is 0 Å². The van der Waals surface area contributed by atoms with Gasteiger partial charge in [0, 0.05) is 17.9 Å². The minimum Gasteiger partial charge on any atom is -0.379 e. The lowest BCUT2D eigenvalue weighted by Crippen LogP contribution is -2.38. The van der Waals surface area contributed by atoms with E-state index in [-0.39, 0.29) is 12.1 Å². The van der Waals surface area contributed by atoms with Gasteiger partial charge in [0.1, 0.15) is 0 Å². The van der Waals surface area contributed by atoms with Gasteiger partial charge in [0.05, 0.1) is 18.3 Å². The summed E-state index contributed by atoms with van der Waals surface area (Å²) in [5.74, 6) is 0.632. The molecule has 1 aromatic heterocycles. The molecule has 92 valence electrons. The van der Waals surface area contributed by atoms with Gasteiger partial charge in [-0.25, -0.2) is 9.78 Å². The lowest BCUT2D eigenvalue weighted by molar-refractivity contribution is 0.189. The van der Waals surface area contributed by atoms with Crippen molar-refractivity contribution in [3.8, 4) is 0 Å². The highest BCUT2D eigenvalue weighted by Gasteiger charge is 2.26. The predicted octanol–water partition coefficient (Wildman–Crippen LogP) is 1.93. The second kappa shape index (κ2) is 4.62. The summed E-state index contributed by atoms with van der Waals surface area (Å²) in [4.78, 5) is 16.1. The van der Waals surface area contributed by atoms with Crippen LogP contribution in [0.25, 0.3) is 0 Å². The van der Waals surface area contributed by atoms with Crippen molar-refractivity contribution in [1.82, 2.24) is 10.3 Å². The topological polar surface area (TPSA) is 63.2 Å². The standard InChI is InChI=1S/C11H15N3O2S/c15-10(12-8-3-4-16-5-8)14-11-13-9(6-17-11)7-1-2-7/h6-8H,1-5H2,(H2,12,13,14,15). The molecule has 1 unspecified atom stereocenters. The maximum atomic E-state index is 11.7. The van der Waals surface area contributed by atoms with Crippen LogP contribution in [0.5, 0.6) is 0 Å². The summed E-state index contributed by atoms with van der Waals surface area (Å²) in [5, 5.41) is 8.36. The first-order valence-corrected chi connectivity index (χ1v) is 6.80. The third-order valence-corrected chi connectivity index (χ3v) is 3.78. The molecule has 2 aliphatic rings. The Balaban J connectivity index is 1.52. The summed E-state index contributed by atoms with van der Waals surface area (Å²) >= 11 is 1.49. The van der Waals surface area contributed by atoms with Crippen molar-refractivity contribution < 1.29 is 9.53 Å². The molecule has 0 spiro atoms. The van der Waals surface area contributed by atoms with E-state index in [4.69, 9.17) is 4.74 Å². The highest BCUT2D eigenvalue weighted by atomic mass is 32.1. The maximum Gasteiger partial charge on any atom is 0.321 e. The smallest absolute Gasteiger partial charge is 0.321 e. The third-order valence-electron chi connectivity index (χ3n) is 3.00. The average molecular weight is 253 g/mol. The summed E-state index contributed by atoms with van der Waals surface area (Å²) in [6, 6.07) is -0.0462. The molecule has 2 heterocycles. The second-order valence-electron chi connectivity index (χ2n) is 4.51. The van der Waals surface area contributed by atoms with Crippen LogP contribution in [-0.2, 0) is 4.74 Å². The predicted molar refractivity (Wildman–Crippen MR) is 65.5 cm³/mol. The van der Waals surface area contributed by atoms with Gasteiger partial charge in [-0.1, -0.05) is 0 Å². The van der Waals surface area contributed by atoms with E-state index in [0.717, 1.165) is 18.7 Å². The van der Waals surface area contributed by atoms with E-state index in [0.29, 0.717) is 17.7 Å². The van der Waals surface area contributed by atoms with Crippen LogP contribution in [0.4, 0.5) is 9.93 Å². The molecule has 0 radical (unpaired) electrons. The number of carbonyl (C=O) groups excluding carboxylic acids is 1. The summed E-state index contributed by atoms with van der Waals surface area (Å²) in [6.45, 7) is 1.34. The number of urea groups is 1. The highest BCUT2D eigenvalue weighted by Crippen LogP contribution is 2.40. The zero-order valence-corrected chi connectivity index (χ0v) is 10.3. The Morgan fingerprint density at radius 2 is 2.35 bits per heavy atom. The maximum absolute atomic E-state index is 11.7. The number of ether oxygens (including phenoxy) is 1. The van der Waals surface area contributed by atoms with Gasteiger partial charge in [0.25, 0.3) is 0 Å². The number of hydrogen-bond acceptors (Lipinski definition) is 4. The molecule has 0 bridgehead atoms. The molecule has 1 aliphatic heterocycles. The van der Waals surface area contributed by atoms with Gasteiger partial charge < -0.3 is 10.1 Å². The number of carbonyl (C=O) groups is 1. The van der Waals surface area contributed by atoms with Crippen LogP contribution in [0.2, 0.25) is 0 Å². The van der Waals surface area contributed by atoms with Gasteiger partial charge in [-0.05, 0) is 19.3 Å². The molecule has 6 heteroatoms. The van der Waals surface area contributed by atoms with E-state index in [2.05, 4.69) is 15.6 Å². The fourth-order valence-electron chi connectivity index (χ4n) is 1.88. The van der Waals surface area contributed by atoms with Crippen LogP contribution in [0.15, 0.2) is 5.38 Å². The fraction of sp³-hybridized carbons (Fsp3) is 0.636. The molecule has 5 nitrogen and oxygen atoms in total. The lowest BCUT2D eigenvalue weighted by atomic mass is 10.3. The molecule has 1 saturated heterocycles. The average Bonchev–Trinajstić information content (AvgIpc) is 2.84. The van der Waals surface area contributed by atoms with Crippen LogP contribution < -0.4 is 10.6 Å². The molecule has 0 aromatic carbocycles. The van der Waals surface area contributed by atoms with Crippen molar-refractivity contribution in [2.24, 2.45) is 0 Å². The Morgan fingerprint density at radius 3 is 3.06 bits per heavy atom. The van der Waals surface area contributed by atoms with E-state index in [1.807, 2.05) is 5.38 Å². The first-order valence-electron chi connectivity index (χ1n) is 5.92. The van der Waals surface area contributed by atoms with Crippen LogP contribution in [0.1, 0.15) is 30.9 Å². The Bertz CT molecular complexity index is 411. The van der Waals surface area contributed by atoms with Gasteiger partial charge in [-0.3, -0.25) is 5.32 Å². The number of nitrogens with one attached hydrogen (secondary N) is 2. The zero-order valence-electron chi connectivity index (χ0n) is 9.44. The molecule has 1 atom stereocenters. The van der Waals surface area contributed by atoms with Crippen LogP contribution >= 0.6 is 11.3 Å². The minimum atomic E-state index is -0.183. The first-order chi connectivity index (χ1) is 8.31. The first kappa shape index (κ1) is 11.0. The Morgan fingerprint density at radius 1 is 1.47 bits per heavy atom. The van der Waals surface area contributed by atoms with Crippen molar-refractivity contribution in [2.75, 3.05) is 18.5 Å². The molecule has 1 saturated carbocycles. The summed E-state index contributed by atoms with van der Waals surface area (Å²) in [6.07, 6.45) is 3.35. The number of amides is 2. The normalized spacial score (nSPS) is 23.6. The van der Waals surface area contributed by atoms with Crippen LogP contribution in [0, 0.1) is 0 Å². The largest absolute Gasteiger partial charge is 0.379 e. The number of anilines is 1.